The number of sulfonamides is 1. The van der Waals surface area contributed by atoms with E-state index in [0.29, 0.717) is 5.02 Å². The van der Waals surface area contributed by atoms with Crippen molar-refractivity contribution < 1.29 is 13.2 Å². The van der Waals surface area contributed by atoms with E-state index >= 15 is 0 Å². The molecule has 0 saturated carbocycles. The molecule has 7 heteroatoms. The fraction of sp³-hybridized carbons (Fsp3) is 0.174. The third-order valence-electron chi connectivity index (χ3n) is 4.65. The number of benzene rings is 3. The van der Waals surface area contributed by atoms with E-state index in [1.54, 1.807) is 42.5 Å². The fourth-order valence-corrected chi connectivity index (χ4v) is 4.56. The highest BCUT2D eigenvalue weighted by molar-refractivity contribution is 7.89. The normalized spacial score (nSPS) is 12.5. The van der Waals surface area contributed by atoms with E-state index in [0.717, 1.165) is 11.1 Å². The Balaban J connectivity index is 1.81. The van der Waals surface area contributed by atoms with Crippen molar-refractivity contribution in [1.82, 2.24) is 9.62 Å². The van der Waals surface area contributed by atoms with Crippen molar-refractivity contribution in [2.45, 2.75) is 24.4 Å². The van der Waals surface area contributed by atoms with Gasteiger partial charge in [0.15, 0.2) is 0 Å². The summed E-state index contributed by atoms with van der Waals surface area (Å²) in [6.45, 7) is 1.63. The lowest BCUT2D eigenvalue weighted by atomic mass is 10.1. The molecule has 1 amide bonds. The number of amides is 1. The molecular weight excluding hydrogens is 420 g/mol. The van der Waals surface area contributed by atoms with Gasteiger partial charge in [0.2, 0.25) is 15.9 Å². The number of nitrogens with one attached hydrogen (secondary N) is 1. The van der Waals surface area contributed by atoms with Crippen molar-refractivity contribution in [2.24, 2.45) is 0 Å². The van der Waals surface area contributed by atoms with Gasteiger partial charge in [-0.05, 0) is 42.3 Å². The summed E-state index contributed by atoms with van der Waals surface area (Å²) in [5, 5.41) is 3.44. The largest absolute Gasteiger partial charge is 0.348 e. The molecule has 3 rings (SSSR count). The molecule has 0 aliphatic rings. The molecule has 3 aromatic rings. The minimum Gasteiger partial charge on any atom is -0.348 e. The zero-order valence-electron chi connectivity index (χ0n) is 16.5. The van der Waals surface area contributed by atoms with Gasteiger partial charge >= 0.3 is 0 Å². The van der Waals surface area contributed by atoms with Crippen molar-refractivity contribution in [3.8, 4) is 0 Å². The van der Waals surface area contributed by atoms with Crippen molar-refractivity contribution in [1.29, 1.82) is 0 Å². The first kappa shape index (κ1) is 22.0. The predicted octanol–water partition coefficient (Wildman–Crippen LogP) is 4.41. The van der Waals surface area contributed by atoms with E-state index in [9.17, 15) is 13.2 Å². The predicted molar refractivity (Wildman–Crippen MR) is 118 cm³/mol. The lowest BCUT2D eigenvalue weighted by molar-refractivity contribution is -0.122. The molecule has 0 aliphatic heterocycles. The van der Waals surface area contributed by atoms with Crippen LogP contribution in [0.5, 0.6) is 0 Å². The van der Waals surface area contributed by atoms with Gasteiger partial charge < -0.3 is 5.32 Å². The molecule has 0 fully saturated rings. The first-order valence-electron chi connectivity index (χ1n) is 9.50. The number of halogens is 1. The van der Waals surface area contributed by atoms with Gasteiger partial charge in [0.05, 0.1) is 17.5 Å². The first-order valence-corrected chi connectivity index (χ1v) is 11.3. The quantitative estimate of drug-likeness (QED) is 0.562. The highest BCUT2D eigenvalue weighted by atomic mass is 35.5. The molecule has 0 heterocycles. The van der Waals surface area contributed by atoms with Crippen molar-refractivity contribution in [3.63, 3.8) is 0 Å². The van der Waals surface area contributed by atoms with Crippen LogP contribution in [0.25, 0.3) is 0 Å². The fourth-order valence-electron chi connectivity index (χ4n) is 3.03. The minimum absolute atomic E-state index is 0.0571. The molecular formula is C23H23ClN2O3S. The molecule has 0 saturated heterocycles. The SMILES string of the molecule is C[C@@H](NC(=O)CN(Cc1ccc(Cl)cc1)S(=O)(=O)c1ccccc1)c1ccccc1. The van der Waals surface area contributed by atoms with Crippen LogP contribution in [0.4, 0.5) is 0 Å². The highest BCUT2D eigenvalue weighted by Crippen LogP contribution is 2.20. The van der Waals surface area contributed by atoms with Gasteiger partial charge in [-0.25, -0.2) is 8.42 Å². The Morgan fingerprint density at radius 2 is 1.50 bits per heavy atom. The highest BCUT2D eigenvalue weighted by Gasteiger charge is 2.27. The van der Waals surface area contributed by atoms with Crippen LogP contribution >= 0.6 is 11.6 Å². The molecule has 0 aromatic heterocycles. The van der Waals surface area contributed by atoms with E-state index in [-0.39, 0.29) is 29.9 Å². The Hall–Kier alpha value is -2.67. The lowest BCUT2D eigenvalue weighted by Crippen LogP contribution is -2.41. The van der Waals surface area contributed by atoms with Gasteiger partial charge in [-0.2, -0.15) is 4.31 Å². The summed E-state index contributed by atoms with van der Waals surface area (Å²) in [6.07, 6.45) is 0. The second-order valence-electron chi connectivity index (χ2n) is 6.91. The standard InChI is InChI=1S/C23H23ClN2O3S/c1-18(20-8-4-2-5-9-20)25-23(27)17-26(16-19-12-14-21(24)15-13-19)30(28,29)22-10-6-3-7-11-22/h2-15,18H,16-17H2,1H3,(H,25,27)/t18-/m1/s1. The summed E-state index contributed by atoms with van der Waals surface area (Å²) in [6, 6.07) is 24.3. The molecule has 0 bridgehead atoms. The molecule has 0 aliphatic carbocycles. The average Bonchev–Trinajstić information content (AvgIpc) is 2.76. The Bertz CT molecular complexity index is 1070. The van der Waals surface area contributed by atoms with Gasteiger partial charge in [-0.1, -0.05) is 72.3 Å². The van der Waals surface area contributed by atoms with Gasteiger partial charge in [0.25, 0.3) is 0 Å². The second-order valence-corrected chi connectivity index (χ2v) is 9.29. The van der Waals surface area contributed by atoms with Crippen molar-refractivity contribution in [2.75, 3.05) is 6.54 Å². The Labute approximate surface area is 182 Å². The summed E-state index contributed by atoms with van der Waals surface area (Å²) in [7, 11) is -3.87. The molecule has 3 aromatic carbocycles. The lowest BCUT2D eigenvalue weighted by Gasteiger charge is -2.23. The molecule has 0 radical (unpaired) electrons. The van der Waals surface area contributed by atoms with Crippen LogP contribution < -0.4 is 5.32 Å². The van der Waals surface area contributed by atoms with Crippen LogP contribution in [0.2, 0.25) is 5.02 Å². The van der Waals surface area contributed by atoms with E-state index in [4.69, 9.17) is 11.6 Å². The third kappa shape index (κ3) is 5.69. The second kappa shape index (κ2) is 9.89. The average molecular weight is 443 g/mol. The number of carbonyl (C=O) groups excluding carboxylic acids is 1. The Morgan fingerprint density at radius 3 is 2.10 bits per heavy atom. The Kier molecular flexibility index (Phi) is 7.26. The Morgan fingerprint density at radius 1 is 0.933 bits per heavy atom. The van der Waals surface area contributed by atoms with Crippen LogP contribution in [0, 0.1) is 0 Å². The van der Waals surface area contributed by atoms with Crippen molar-refractivity contribution >= 4 is 27.5 Å². The minimum atomic E-state index is -3.87. The van der Waals surface area contributed by atoms with E-state index in [1.807, 2.05) is 37.3 Å². The van der Waals surface area contributed by atoms with Gasteiger partial charge in [-0.3, -0.25) is 4.79 Å². The number of rotatable bonds is 8. The van der Waals surface area contributed by atoms with E-state index in [2.05, 4.69) is 5.32 Å². The van der Waals surface area contributed by atoms with Gasteiger partial charge in [-0.15, -0.1) is 0 Å². The van der Waals surface area contributed by atoms with Crippen LogP contribution in [0.15, 0.2) is 89.8 Å². The summed E-state index contributed by atoms with van der Waals surface area (Å²) in [5.41, 5.74) is 1.68. The maximum Gasteiger partial charge on any atom is 0.243 e. The molecule has 1 N–H and O–H groups in total. The van der Waals surface area contributed by atoms with Crippen LogP contribution in [0.3, 0.4) is 0 Å². The van der Waals surface area contributed by atoms with E-state index in [1.165, 1.54) is 16.4 Å². The summed E-state index contributed by atoms with van der Waals surface area (Å²) < 4.78 is 27.6. The van der Waals surface area contributed by atoms with Crippen LogP contribution in [0.1, 0.15) is 24.1 Å². The third-order valence-corrected chi connectivity index (χ3v) is 6.71. The van der Waals surface area contributed by atoms with Crippen LogP contribution in [-0.4, -0.2) is 25.2 Å². The first-order chi connectivity index (χ1) is 14.4. The molecule has 0 unspecified atom stereocenters. The van der Waals surface area contributed by atoms with Gasteiger partial charge in [0.1, 0.15) is 0 Å². The number of hydrogen-bond donors (Lipinski definition) is 1. The molecule has 5 nitrogen and oxygen atoms in total. The number of nitrogens with zero attached hydrogens (tertiary/aromatic N) is 1. The summed E-state index contributed by atoms with van der Waals surface area (Å²) in [4.78, 5) is 12.9. The maximum absolute atomic E-state index is 13.2. The molecule has 0 spiro atoms. The smallest absolute Gasteiger partial charge is 0.243 e. The maximum atomic E-state index is 13.2. The molecule has 156 valence electrons. The van der Waals surface area contributed by atoms with E-state index < -0.39 is 10.0 Å². The summed E-state index contributed by atoms with van der Waals surface area (Å²) in [5.74, 6) is -0.375. The van der Waals surface area contributed by atoms with Gasteiger partial charge in [0, 0.05) is 11.6 Å². The van der Waals surface area contributed by atoms with Crippen LogP contribution in [-0.2, 0) is 21.4 Å². The zero-order chi connectivity index (χ0) is 21.6. The number of carbonyl (C=O) groups is 1. The van der Waals surface area contributed by atoms with Crippen molar-refractivity contribution in [3.05, 3.63) is 101 Å². The molecule has 30 heavy (non-hydrogen) atoms. The monoisotopic (exact) mass is 442 g/mol. The zero-order valence-corrected chi connectivity index (χ0v) is 18.1. The molecule has 1 atom stereocenters. The topological polar surface area (TPSA) is 66.5 Å². The number of hydrogen-bond acceptors (Lipinski definition) is 3. The summed E-state index contributed by atoms with van der Waals surface area (Å²) >= 11 is 5.94.